The zero-order valence-electron chi connectivity index (χ0n) is 16.7. The fraction of sp³-hybridized carbons (Fsp3) is 0.318. The van der Waals surface area contributed by atoms with Crippen molar-refractivity contribution in [3.8, 4) is 17.0 Å². The van der Waals surface area contributed by atoms with Crippen LogP contribution in [0.2, 0.25) is 0 Å². The van der Waals surface area contributed by atoms with Gasteiger partial charge in [0, 0.05) is 48.7 Å². The molecule has 0 radical (unpaired) electrons. The van der Waals surface area contributed by atoms with Gasteiger partial charge in [0.1, 0.15) is 5.75 Å². The van der Waals surface area contributed by atoms with Crippen LogP contribution in [0.1, 0.15) is 24.2 Å². The molecule has 150 valence electrons. The van der Waals surface area contributed by atoms with Crippen molar-refractivity contribution in [2.75, 3.05) is 31.1 Å². The van der Waals surface area contributed by atoms with Crippen LogP contribution < -0.4 is 20.5 Å². The van der Waals surface area contributed by atoms with Crippen LogP contribution in [0.5, 0.6) is 5.75 Å². The molecule has 1 aromatic carbocycles. The van der Waals surface area contributed by atoms with E-state index < -0.39 is 0 Å². The smallest absolute Gasteiger partial charge is 0.252 e. The van der Waals surface area contributed by atoms with Crippen molar-refractivity contribution in [2.24, 2.45) is 0 Å². The number of aryl methyl sites for hydroxylation is 1. The van der Waals surface area contributed by atoms with Crippen LogP contribution in [0.25, 0.3) is 11.3 Å². The lowest BCUT2D eigenvalue weighted by Crippen LogP contribution is -2.47. The highest BCUT2D eigenvalue weighted by molar-refractivity contribution is 5.60. The van der Waals surface area contributed by atoms with Crippen molar-refractivity contribution in [2.45, 2.75) is 19.9 Å². The molecule has 4 rings (SSSR count). The number of rotatable bonds is 5. The Labute approximate surface area is 169 Å². The Bertz CT molecular complexity index is 1050. The Morgan fingerprint density at radius 1 is 1.24 bits per heavy atom. The number of ether oxygens (including phenoxy) is 1. The van der Waals surface area contributed by atoms with Crippen LogP contribution in [0.3, 0.4) is 0 Å². The molecule has 1 aliphatic rings. The van der Waals surface area contributed by atoms with Crippen molar-refractivity contribution in [1.82, 2.24) is 20.3 Å². The molecular formula is C22H25N5O2. The zero-order valence-corrected chi connectivity index (χ0v) is 16.7. The largest absolute Gasteiger partial charge is 0.494 e. The molecule has 0 bridgehead atoms. The highest BCUT2D eigenvalue weighted by atomic mass is 16.5. The minimum Gasteiger partial charge on any atom is -0.494 e. The Morgan fingerprint density at radius 3 is 2.93 bits per heavy atom. The van der Waals surface area contributed by atoms with Gasteiger partial charge in [-0.2, -0.15) is 0 Å². The van der Waals surface area contributed by atoms with Gasteiger partial charge < -0.3 is 15.0 Å². The first-order valence-corrected chi connectivity index (χ1v) is 9.88. The van der Waals surface area contributed by atoms with E-state index in [2.05, 4.69) is 26.3 Å². The van der Waals surface area contributed by atoms with Crippen LogP contribution in [0.15, 0.2) is 53.5 Å². The summed E-state index contributed by atoms with van der Waals surface area (Å²) in [5, 5.41) is 3.55. The summed E-state index contributed by atoms with van der Waals surface area (Å²) in [6.45, 7) is 6.76. The number of benzene rings is 1. The second-order valence-corrected chi connectivity index (χ2v) is 7.06. The minimum absolute atomic E-state index is 0.0867. The van der Waals surface area contributed by atoms with Crippen molar-refractivity contribution < 1.29 is 4.74 Å². The van der Waals surface area contributed by atoms with E-state index in [-0.39, 0.29) is 11.6 Å². The summed E-state index contributed by atoms with van der Waals surface area (Å²) in [7, 11) is 0. The molecule has 1 saturated heterocycles. The van der Waals surface area contributed by atoms with Gasteiger partial charge in [0.2, 0.25) is 5.95 Å². The van der Waals surface area contributed by atoms with Crippen LogP contribution in [0.4, 0.5) is 5.95 Å². The van der Waals surface area contributed by atoms with Crippen molar-refractivity contribution in [3.05, 3.63) is 70.3 Å². The molecule has 1 fully saturated rings. The quantitative estimate of drug-likeness (QED) is 0.696. The molecule has 0 amide bonds. The molecule has 2 N–H and O–H groups in total. The predicted octanol–water partition coefficient (Wildman–Crippen LogP) is 2.69. The van der Waals surface area contributed by atoms with Crippen LogP contribution in [-0.4, -0.2) is 41.2 Å². The second-order valence-electron chi connectivity index (χ2n) is 7.06. The lowest BCUT2D eigenvalue weighted by atomic mass is 10.0. The van der Waals surface area contributed by atoms with Crippen molar-refractivity contribution in [1.29, 1.82) is 0 Å². The molecule has 1 aliphatic heterocycles. The van der Waals surface area contributed by atoms with Crippen LogP contribution in [0, 0.1) is 6.92 Å². The number of pyridine rings is 1. The fourth-order valence-electron chi connectivity index (χ4n) is 3.65. The highest BCUT2D eigenvalue weighted by Gasteiger charge is 2.25. The summed E-state index contributed by atoms with van der Waals surface area (Å²) in [6.07, 6.45) is 1.73. The molecule has 29 heavy (non-hydrogen) atoms. The Balaban J connectivity index is 1.63. The predicted molar refractivity (Wildman–Crippen MR) is 113 cm³/mol. The summed E-state index contributed by atoms with van der Waals surface area (Å²) >= 11 is 0. The number of hydrogen-bond acceptors (Lipinski definition) is 6. The number of hydrogen-bond donors (Lipinski definition) is 2. The third-order valence-electron chi connectivity index (χ3n) is 4.99. The second kappa shape index (κ2) is 8.45. The lowest BCUT2D eigenvalue weighted by molar-refractivity contribution is 0.329. The van der Waals surface area contributed by atoms with Gasteiger partial charge in [-0.15, -0.1) is 0 Å². The van der Waals surface area contributed by atoms with Gasteiger partial charge in [0.15, 0.2) is 0 Å². The monoisotopic (exact) mass is 391 g/mol. The third kappa shape index (κ3) is 4.30. The average Bonchev–Trinajstić information content (AvgIpc) is 2.74. The number of aromatic nitrogens is 3. The number of aromatic amines is 1. The topological polar surface area (TPSA) is 83.1 Å². The van der Waals surface area contributed by atoms with Gasteiger partial charge in [0.25, 0.3) is 5.56 Å². The van der Waals surface area contributed by atoms with E-state index in [1.54, 1.807) is 6.20 Å². The normalized spacial score (nSPS) is 16.6. The Morgan fingerprint density at radius 2 is 2.10 bits per heavy atom. The summed E-state index contributed by atoms with van der Waals surface area (Å²) < 4.78 is 5.80. The fourth-order valence-corrected chi connectivity index (χ4v) is 3.65. The first-order valence-electron chi connectivity index (χ1n) is 9.88. The number of anilines is 1. The van der Waals surface area contributed by atoms with E-state index in [9.17, 15) is 4.79 Å². The lowest BCUT2D eigenvalue weighted by Gasteiger charge is -2.35. The molecule has 0 spiro atoms. The zero-order chi connectivity index (χ0) is 20.2. The molecule has 7 heteroatoms. The SMILES string of the molecule is CCOc1ccccc1C1CN(c2nc(-c3ccnc(C)c3)cc(=O)[nH]2)CCN1. The maximum absolute atomic E-state index is 12.3. The van der Waals surface area contributed by atoms with Gasteiger partial charge in [-0.3, -0.25) is 14.8 Å². The third-order valence-corrected chi connectivity index (χ3v) is 4.99. The maximum atomic E-state index is 12.3. The van der Waals surface area contributed by atoms with E-state index in [4.69, 9.17) is 9.72 Å². The maximum Gasteiger partial charge on any atom is 0.252 e. The van der Waals surface area contributed by atoms with Crippen molar-refractivity contribution in [3.63, 3.8) is 0 Å². The molecule has 0 aliphatic carbocycles. The van der Waals surface area contributed by atoms with Gasteiger partial charge >= 0.3 is 0 Å². The van der Waals surface area contributed by atoms with E-state index in [0.29, 0.717) is 24.8 Å². The summed E-state index contributed by atoms with van der Waals surface area (Å²) in [5.41, 5.74) is 3.38. The molecule has 1 atom stereocenters. The molecule has 1 unspecified atom stereocenters. The van der Waals surface area contributed by atoms with Crippen molar-refractivity contribution >= 4 is 5.95 Å². The molecule has 2 aromatic heterocycles. The van der Waals surface area contributed by atoms with Crippen LogP contribution >= 0.6 is 0 Å². The molecule has 0 saturated carbocycles. The average molecular weight is 391 g/mol. The van der Waals surface area contributed by atoms with Crippen LogP contribution in [-0.2, 0) is 0 Å². The highest BCUT2D eigenvalue weighted by Crippen LogP contribution is 2.28. The number of nitrogens with zero attached hydrogens (tertiary/aromatic N) is 3. The van der Waals surface area contributed by atoms with Gasteiger partial charge in [0.05, 0.1) is 18.3 Å². The minimum atomic E-state index is -0.163. The van der Waals surface area contributed by atoms with E-state index in [1.165, 1.54) is 6.07 Å². The van der Waals surface area contributed by atoms with E-state index in [0.717, 1.165) is 35.7 Å². The summed E-state index contributed by atoms with van der Waals surface area (Å²) in [4.78, 5) is 26.3. The number of H-pyrrole nitrogens is 1. The number of nitrogens with one attached hydrogen (secondary N) is 2. The first kappa shape index (κ1) is 19.1. The molecule has 7 nitrogen and oxygen atoms in total. The van der Waals surface area contributed by atoms with E-state index in [1.807, 2.05) is 44.2 Å². The van der Waals surface area contributed by atoms with Gasteiger partial charge in [-0.1, -0.05) is 18.2 Å². The molecule has 3 heterocycles. The number of piperazine rings is 1. The van der Waals surface area contributed by atoms with Gasteiger partial charge in [-0.05, 0) is 32.0 Å². The molecule has 3 aromatic rings. The summed E-state index contributed by atoms with van der Waals surface area (Å²) in [6, 6.07) is 13.5. The Kier molecular flexibility index (Phi) is 5.57. The van der Waals surface area contributed by atoms with E-state index >= 15 is 0 Å². The first-order chi connectivity index (χ1) is 14.1. The number of para-hydroxylation sites is 1. The molecular weight excluding hydrogens is 366 g/mol. The van der Waals surface area contributed by atoms with Gasteiger partial charge in [-0.25, -0.2) is 4.98 Å². The Hall–Kier alpha value is -3.19. The standard InChI is InChI=1S/C22H25N5O2/c1-3-29-20-7-5-4-6-17(20)19-14-27(11-10-24-19)22-25-18(13-21(28)26-22)16-8-9-23-15(2)12-16/h4-9,12-13,19,24H,3,10-11,14H2,1-2H3,(H,25,26,28). The summed E-state index contributed by atoms with van der Waals surface area (Å²) in [5.74, 6) is 1.47.